The molecule has 4 rings (SSSR count). The van der Waals surface area contributed by atoms with Crippen LogP contribution in [0.15, 0.2) is 72.8 Å². The number of nitrogens with zero attached hydrogens (tertiary/aromatic N) is 1. The van der Waals surface area contributed by atoms with Gasteiger partial charge in [-0.1, -0.05) is 24.3 Å². The van der Waals surface area contributed by atoms with Gasteiger partial charge in [0.2, 0.25) is 0 Å². The minimum absolute atomic E-state index is 0.159. The average Bonchev–Trinajstić information content (AvgIpc) is 3.09. The van der Waals surface area contributed by atoms with Crippen molar-refractivity contribution in [3.05, 3.63) is 89.7 Å². The van der Waals surface area contributed by atoms with Gasteiger partial charge >= 0.3 is 0 Å². The molecule has 0 bridgehead atoms. The average molecular weight is 407 g/mol. The number of hydrogen-bond acceptors (Lipinski definition) is 5. The second kappa shape index (κ2) is 8.34. The van der Waals surface area contributed by atoms with Gasteiger partial charge in [0.25, 0.3) is 0 Å². The summed E-state index contributed by atoms with van der Waals surface area (Å²) >= 11 is 0. The number of anilines is 3. The van der Waals surface area contributed by atoms with Gasteiger partial charge in [-0.05, 0) is 59.7 Å². The molecule has 1 aliphatic heterocycles. The van der Waals surface area contributed by atoms with Crippen molar-refractivity contribution < 1.29 is 13.9 Å². The Morgan fingerprint density at radius 3 is 1.43 bits per heavy atom. The summed E-state index contributed by atoms with van der Waals surface area (Å²) in [6.07, 6.45) is -0.516. The van der Waals surface area contributed by atoms with Crippen molar-refractivity contribution in [3.8, 4) is 0 Å². The van der Waals surface area contributed by atoms with Crippen LogP contribution in [-0.2, 0) is 9.47 Å². The Bertz CT molecular complexity index is 917. The zero-order chi connectivity index (χ0) is 21.3. The lowest BCUT2D eigenvalue weighted by atomic mass is 9.98. The Kier molecular flexibility index (Phi) is 5.61. The molecule has 0 amide bonds. The first-order chi connectivity index (χ1) is 14.5. The molecule has 0 saturated carbocycles. The summed E-state index contributed by atoms with van der Waals surface area (Å²) < 4.78 is 25.6. The van der Waals surface area contributed by atoms with Crippen molar-refractivity contribution in [1.82, 2.24) is 0 Å². The molecule has 0 radical (unpaired) electrons. The summed E-state index contributed by atoms with van der Waals surface area (Å²) in [5.74, 6) is -0.280. The molecular formula is C24H26FN3O2. The quantitative estimate of drug-likeness (QED) is 0.616. The predicted molar refractivity (Wildman–Crippen MR) is 118 cm³/mol. The maximum atomic E-state index is 13.7. The minimum atomic E-state index is -0.280. The maximum absolute atomic E-state index is 13.7. The smallest absolute Gasteiger partial charge is 0.123 e. The van der Waals surface area contributed by atoms with Crippen LogP contribution < -0.4 is 16.4 Å². The van der Waals surface area contributed by atoms with E-state index in [4.69, 9.17) is 20.9 Å². The molecule has 30 heavy (non-hydrogen) atoms. The van der Waals surface area contributed by atoms with Gasteiger partial charge < -0.3 is 25.8 Å². The number of benzene rings is 3. The first kappa shape index (κ1) is 20.2. The molecule has 0 spiro atoms. The summed E-state index contributed by atoms with van der Waals surface area (Å²) in [5, 5.41) is 0. The summed E-state index contributed by atoms with van der Waals surface area (Å²) in [4.78, 5) is 2.23. The molecule has 4 N–H and O–H groups in total. The van der Waals surface area contributed by atoms with E-state index in [-0.39, 0.29) is 30.1 Å². The van der Waals surface area contributed by atoms with Gasteiger partial charge in [0.05, 0.1) is 12.1 Å². The second-order valence-corrected chi connectivity index (χ2v) is 7.51. The molecular weight excluding hydrogens is 381 g/mol. The van der Waals surface area contributed by atoms with Crippen molar-refractivity contribution in [3.63, 3.8) is 0 Å². The second-order valence-electron chi connectivity index (χ2n) is 7.51. The number of nitrogen functional groups attached to an aromatic ring is 2. The van der Waals surface area contributed by atoms with E-state index in [0.29, 0.717) is 11.4 Å². The van der Waals surface area contributed by atoms with E-state index in [1.165, 1.54) is 12.1 Å². The van der Waals surface area contributed by atoms with E-state index in [9.17, 15) is 4.39 Å². The van der Waals surface area contributed by atoms with Gasteiger partial charge in [-0.2, -0.15) is 0 Å². The molecule has 5 nitrogen and oxygen atoms in total. The molecule has 1 heterocycles. The van der Waals surface area contributed by atoms with E-state index < -0.39 is 0 Å². The number of nitrogens with two attached hydrogens (primary N) is 2. The highest BCUT2D eigenvalue weighted by atomic mass is 19.1. The third-order valence-electron chi connectivity index (χ3n) is 5.77. The number of ether oxygens (including phenoxy) is 2. The summed E-state index contributed by atoms with van der Waals surface area (Å²) in [6, 6.07) is 21.7. The highest BCUT2D eigenvalue weighted by molar-refractivity contribution is 5.56. The molecule has 1 fully saturated rings. The number of hydrogen-bond donors (Lipinski definition) is 2. The van der Waals surface area contributed by atoms with Gasteiger partial charge in [0.15, 0.2) is 0 Å². The van der Waals surface area contributed by atoms with Crippen LogP contribution in [0.1, 0.15) is 23.2 Å². The maximum Gasteiger partial charge on any atom is 0.123 e. The topological polar surface area (TPSA) is 73.7 Å². The van der Waals surface area contributed by atoms with Crippen LogP contribution >= 0.6 is 0 Å². The summed E-state index contributed by atoms with van der Waals surface area (Å²) in [5.41, 5.74) is 16.2. The van der Waals surface area contributed by atoms with Gasteiger partial charge in [0.1, 0.15) is 18.0 Å². The molecule has 6 heteroatoms. The van der Waals surface area contributed by atoms with Crippen LogP contribution in [0.5, 0.6) is 0 Å². The molecule has 0 aromatic heterocycles. The van der Waals surface area contributed by atoms with Gasteiger partial charge in [0, 0.05) is 31.3 Å². The van der Waals surface area contributed by atoms with Crippen molar-refractivity contribution in [2.24, 2.45) is 0 Å². The van der Waals surface area contributed by atoms with E-state index in [1.807, 2.05) is 48.5 Å². The molecule has 3 aromatic rings. The van der Waals surface area contributed by atoms with Crippen LogP contribution in [0.25, 0.3) is 0 Å². The van der Waals surface area contributed by atoms with Crippen LogP contribution in [0, 0.1) is 5.82 Å². The fourth-order valence-electron chi connectivity index (χ4n) is 4.40. The molecule has 1 aliphatic rings. The number of halogens is 1. The lowest BCUT2D eigenvalue weighted by Gasteiger charge is -2.34. The molecule has 4 atom stereocenters. The Labute approximate surface area is 176 Å². The normalized spacial score (nSPS) is 23.6. The van der Waals surface area contributed by atoms with E-state index >= 15 is 0 Å². The Hall–Kier alpha value is -3.09. The molecule has 0 aliphatic carbocycles. The van der Waals surface area contributed by atoms with Gasteiger partial charge in [-0.3, -0.25) is 0 Å². The molecule has 156 valence electrons. The van der Waals surface area contributed by atoms with E-state index in [2.05, 4.69) is 4.90 Å². The monoisotopic (exact) mass is 407 g/mol. The predicted octanol–water partition coefficient (Wildman–Crippen LogP) is 4.32. The third-order valence-corrected chi connectivity index (χ3v) is 5.77. The lowest BCUT2D eigenvalue weighted by Crippen LogP contribution is -2.31. The fourth-order valence-corrected chi connectivity index (χ4v) is 4.40. The van der Waals surface area contributed by atoms with Crippen LogP contribution in [0.3, 0.4) is 0 Å². The first-order valence-electron chi connectivity index (χ1n) is 9.84. The number of methoxy groups -OCH3 is 2. The zero-order valence-corrected chi connectivity index (χ0v) is 17.0. The largest absolute Gasteiger partial charge is 0.399 e. The van der Waals surface area contributed by atoms with Crippen molar-refractivity contribution in [2.45, 2.75) is 24.3 Å². The Morgan fingerprint density at radius 1 is 0.667 bits per heavy atom. The summed E-state index contributed by atoms with van der Waals surface area (Å²) in [7, 11) is 3.38. The van der Waals surface area contributed by atoms with Crippen LogP contribution in [0.2, 0.25) is 0 Å². The first-order valence-corrected chi connectivity index (χ1v) is 9.84. The van der Waals surface area contributed by atoms with Gasteiger partial charge in [-0.25, -0.2) is 4.39 Å². The fraction of sp³-hybridized carbons (Fsp3) is 0.250. The van der Waals surface area contributed by atoms with Crippen LogP contribution in [-0.4, -0.2) is 26.4 Å². The Morgan fingerprint density at radius 2 is 1.07 bits per heavy atom. The standard InChI is InChI=1S/C24H26FN3O2/c1-29-23-21(15-3-9-18(26)10-4-15)28(20-13-7-17(25)8-14-20)22(24(23)30-2)16-5-11-19(27)12-6-16/h3-14,21-24H,26-27H2,1-2H3/t21-,22-,23+,24+/m0/s1. The minimum Gasteiger partial charge on any atom is -0.399 e. The van der Waals surface area contributed by atoms with Crippen molar-refractivity contribution in [2.75, 3.05) is 30.6 Å². The molecule has 1 saturated heterocycles. The zero-order valence-electron chi connectivity index (χ0n) is 17.0. The molecule has 0 unspecified atom stereocenters. The number of rotatable bonds is 5. The van der Waals surface area contributed by atoms with Crippen LogP contribution in [0.4, 0.5) is 21.5 Å². The van der Waals surface area contributed by atoms with Crippen molar-refractivity contribution in [1.29, 1.82) is 0 Å². The van der Waals surface area contributed by atoms with Gasteiger partial charge in [-0.15, -0.1) is 0 Å². The highest BCUT2D eigenvalue weighted by Crippen LogP contribution is 2.49. The SMILES string of the molecule is CO[C@H]1[C@H](OC)[C@H](c2ccc(N)cc2)N(c2ccc(F)cc2)[C@H]1c1ccc(N)cc1. The van der Waals surface area contributed by atoms with E-state index in [0.717, 1.165) is 16.8 Å². The van der Waals surface area contributed by atoms with E-state index in [1.54, 1.807) is 26.4 Å². The Balaban J connectivity index is 1.90. The lowest BCUT2D eigenvalue weighted by molar-refractivity contribution is -0.0288. The third kappa shape index (κ3) is 3.60. The summed E-state index contributed by atoms with van der Waals surface area (Å²) in [6.45, 7) is 0. The highest BCUT2D eigenvalue weighted by Gasteiger charge is 2.51. The molecule has 3 aromatic carbocycles. The van der Waals surface area contributed by atoms with Crippen molar-refractivity contribution >= 4 is 17.1 Å².